The normalized spacial score (nSPS) is 24.5. The number of aliphatic hydroxyl groups is 1. The number of hydrogen-bond donors (Lipinski definition) is 2. The summed E-state index contributed by atoms with van der Waals surface area (Å²) < 4.78 is 0. The van der Waals surface area contributed by atoms with Crippen molar-refractivity contribution in [3.8, 4) is 0 Å². The number of likely N-dealkylation sites (N-methyl/N-ethyl adjacent to an activating group) is 1. The molecule has 2 rings (SSSR count). The van der Waals surface area contributed by atoms with Crippen LogP contribution in [-0.4, -0.2) is 42.3 Å². The molecule has 1 aromatic carbocycles. The van der Waals surface area contributed by atoms with E-state index in [9.17, 15) is 5.11 Å². The molecule has 17 heavy (non-hydrogen) atoms. The van der Waals surface area contributed by atoms with Crippen LogP contribution in [0.2, 0.25) is 5.02 Å². The molecule has 1 saturated heterocycles. The number of benzene rings is 1. The summed E-state index contributed by atoms with van der Waals surface area (Å²) in [6, 6.07) is 8.35. The summed E-state index contributed by atoms with van der Waals surface area (Å²) in [5, 5.41) is 13.5. The van der Waals surface area contributed by atoms with Crippen molar-refractivity contribution in [1.29, 1.82) is 0 Å². The standard InChI is InChI=1S/C13H19ClN2O/c1-16(9-12-6-13(17)7-15-12)8-10-2-4-11(14)5-3-10/h2-5,12-13,15,17H,6-9H2,1H3. The Hall–Kier alpha value is -0.610. The number of nitrogens with one attached hydrogen (secondary N) is 1. The minimum absolute atomic E-state index is 0.177. The van der Waals surface area contributed by atoms with Gasteiger partial charge in [0.25, 0.3) is 0 Å². The SMILES string of the molecule is CN(Cc1ccc(Cl)cc1)CC1CC(O)CN1. The van der Waals surface area contributed by atoms with Gasteiger partial charge in [0.15, 0.2) is 0 Å². The molecule has 1 heterocycles. The van der Waals surface area contributed by atoms with Gasteiger partial charge in [0.2, 0.25) is 0 Å². The van der Waals surface area contributed by atoms with E-state index in [4.69, 9.17) is 11.6 Å². The van der Waals surface area contributed by atoms with Crippen LogP contribution in [0.3, 0.4) is 0 Å². The van der Waals surface area contributed by atoms with Gasteiger partial charge in [-0.1, -0.05) is 23.7 Å². The lowest BCUT2D eigenvalue weighted by atomic mass is 10.1. The van der Waals surface area contributed by atoms with Crippen molar-refractivity contribution in [2.24, 2.45) is 0 Å². The molecular weight excluding hydrogens is 236 g/mol. The van der Waals surface area contributed by atoms with E-state index in [0.29, 0.717) is 6.04 Å². The Morgan fingerprint density at radius 2 is 2.12 bits per heavy atom. The molecule has 94 valence electrons. The van der Waals surface area contributed by atoms with Crippen LogP contribution in [0.15, 0.2) is 24.3 Å². The molecule has 1 aliphatic rings. The Kier molecular flexibility index (Phi) is 4.40. The fraction of sp³-hybridized carbons (Fsp3) is 0.538. The zero-order valence-corrected chi connectivity index (χ0v) is 10.8. The number of hydrogen-bond acceptors (Lipinski definition) is 3. The van der Waals surface area contributed by atoms with Gasteiger partial charge in [0.05, 0.1) is 6.10 Å². The van der Waals surface area contributed by atoms with Crippen LogP contribution < -0.4 is 5.32 Å². The average Bonchev–Trinajstić information content (AvgIpc) is 2.67. The van der Waals surface area contributed by atoms with Crippen molar-refractivity contribution in [3.05, 3.63) is 34.9 Å². The van der Waals surface area contributed by atoms with Crippen LogP contribution in [-0.2, 0) is 6.54 Å². The van der Waals surface area contributed by atoms with Gasteiger partial charge >= 0.3 is 0 Å². The molecule has 0 amide bonds. The Labute approximate surface area is 107 Å². The first-order chi connectivity index (χ1) is 8.13. The fourth-order valence-corrected chi connectivity index (χ4v) is 2.41. The minimum atomic E-state index is -0.177. The summed E-state index contributed by atoms with van der Waals surface area (Å²) in [7, 11) is 2.10. The molecular formula is C13H19ClN2O. The second kappa shape index (κ2) is 5.83. The third kappa shape index (κ3) is 3.96. The molecule has 3 nitrogen and oxygen atoms in total. The molecule has 1 fully saturated rings. The van der Waals surface area contributed by atoms with Crippen LogP contribution in [0, 0.1) is 0 Å². The van der Waals surface area contributed by atoms with Crippen LogP contribution in [0.1, 0.15) is 12.0 Å². The average molecular weight is 255 g/mol. The van der Waals surface area contributed by atoms with Gasteiger partial charge in [-0.25, -0.2) is 0 Å². The van der Waals surface area contributed by atoms with E-state index in [1.54, 1.807) is 0 Å². The maximum absolute atomic E-state index is 9.44. The number of β-amino-alcohol motifs (C(OH)–C–C–N with tert-alkyl or cyclic N) is 1. The zero-order valence-electron chi connectivity index (χ0n) is 10.1. The zero-order chi connectivity index (χ0) is 12.3. The maximum atomic E-state index is 9.44. The fourth-order valence-electron chi connectivity index (χ4n) is 2.28. The van der Waals surface area contributed by atoms with E-state index in [-0.39, 0.29) is 6.10 Å². The first-order valence-corrected chi connectivity index (χ1v) is 6.35. The van der Waals surface area contributed by atoms with E-state index < -0.39 is 0 Å². The second-order valence-electron chi connectivity index (χ2n) is 4.82. The molecule has 0 aromatic heterocycles. The highest BCUT2D eigenvalue weighted by atomic mass is 35.5. The summed E-state index contributed by atoms with van der Waals surface area (Å²) >= 11 is 5.85. The van der Waals surface area contributed by atoms with Crippen molar-refractivity contribution >= 4 is 11.6 Å². The third-order valence-corrected chi connectivity index (χ3v) is 3.35. The third-order valence-electron chi connectivity index (χ3n) is 3.10. The minimum Gasteiger partial charge on any atom is -0.392 e. The lowest BCUT2D eigenvalue weighted by Crippen LogP contribution is -2.34. The molecule has 0 aliphatic carbocycles. The van der Waals surface area contributed by atoms with Crippen LogP contribution in [0.5, 0.6) is 0 Å². The molecule has 0 radical (unpaired) electrons. The predicted octanol–water partition coefficient (Wildman–Crippen LogP) is 1.49. The van der Waals surface area contributed by atoms with Gasteiger partial charge in [-0.3, -0.25) is 0 Å². The highest BCUT2D eigenvalue weighted by Crippen LogP contribution is 2.12. The Balaban J connectivity index is 1.80. The molecule has 2 N–H and O–H groups in total. The molecule has 0 spiro atoms. The van der Waals surface area contributed by atoms with Crippen molar-refractivity contribution < 1.29 is 5.11 Å². The van der Waals surface area contributed by atoms with Crippen molar-refractivity contribution in [2.45, 2.75) is 25.1 Å². The number of halogens is 1. The summed E-state index contributed by atoms with van der Waals surface area (Å²) in [5.74, 6) is 0. The quantitative estimate of drug-likeness (QED) is 0.855. The smallest absolute Gasteiger partial charge is 0.0680 e. The highest BCUT2D eigenvalue weighted by molar-refractivity contribution is 6.30. The van der Waals surface area contributed by atoms with Crippen LogP contribution in [0.25, 0.3) is 0 Å². The van der Waals surface area contributed by atoms with Gasteiger partial charge in [-0.15, -0.1) is 0 Å². The Morgan fingerprint density at radius 1 is 1.41 bits per heavy atom. The number of nitrogens with zero attached hydrogens (tertiary/aromatic N) is 1. The first-order valence-electron chi connectivity index (χ1n) is 5.98. The van der Waals surface area contributed by atoms with Crippen molar-refractivity contribution in [3.63, 3.8) is 0 Å². The molecule has 2 atom stereocenters. The lowest BCUT2D eigenvalue weighted by Gasteiger charge is -2.21. The number of aliphatic hydroxyl groups excluding tert-OH is 1. The molecule has 0 saturated carbocycles. The van der Waals surface area contributed by atoms with Crippen LogP contribution in [0.4, 0.5) is 0 Å². The molecule has 4 heteroatoms. The van der Waals surface area contributed by atoms with E-state index in [0.717, 1.165) is 31.1 Å². The molecule has 0 bridgehead atoms. The maximum Gasteiger partial charge on any atom is 0.0680 e. The van der Waals surface area contributed by atoms with Gasteiger partial charge in [0, 0.05) is 30.7 Å². The summed E-state index contributed by atoms with van der Waals surface area (Å²) in [6.45, 7) is 2.59. The molecule has 1 aliphatic heterocycles. The summed E-state index contributed by atoms with van der Waals surface area (Å²) in [5.41, 5.74) is 1.26. The van der Waals surface area contributed by atoms with E-state index in [1.165, 1.54) is 5.56 Å². The van der Waals surface area contributed by atoms with E-state index in [1.807, 2.05) is 12.1 Å². The largest absolute Gasteiger partial charge is 0.392 e. The van der Waals surface area contributed by atoms with E-state index in [2.05, 4.69) is 29.4 Å². The van der Waals surface area contributed by atoms with Gasteiger partial charge in [-0.2, -0.15) is 0 Å². The lowest BCUT2D eigenvalue weighted by molar-refractivity contribution is 0.189. The topological polar surface area (TPSA) is 35.5 Å². The summed E-state index contributed by atoms with van der Waals surface area (Å²) in [6.07, 6.45) is 0.675. The monoisotopic (exact) mass is 254 g/mol. The van der Waals surface area contributed by atoms with E-state index >= 15 is 0 Å². The predicted molar refractivity (Wildman–Crippen MR) is 70.2 cm³/mol. The van der Waals surface area contributed by atoms with Gasteiger partial charge < -0.3 is 15.3 Å². The van der Waals surface area contributed by atoms with Gasteiger partial charge in [0.1, 0.15) is 0 Å². The molecule has 1 aromatic rings. The highest BCUT2D eigenvalue weighted by Gasteiger charge is 2.22. The molecule has 2 unspecified atom stereocenters. The first kappa shape index (κ1) is 12.8. The second-order valence-corrected chi connectivity index (χ2v) is 5.25. The Bertz CT molecular complexity index is 355. The Morgan fingerprint density at radius 3 is 2.71 bits per heavy atom. The summed E-state index contributed by atoms with van der Waals surface area (Å²) in [4.78, 5) is 2.26. The number of rotatable bonds is 4. The van der Waals surface area contributed by atoms with Crippen LogP contribution >= 0.6 is 11.6 Å². The van der Waals surface area contributed by atoms with Crippen molar-refractivity contribution in [1.82, 2.24) is 10.2 Å². The van der Waals surface area contributed by atoms with Crippen molar-refractivity contribution in [2.75, 3.05) is 20.1 Å². The van der Waals surface area contributed by atoms with Gasteiger partial charge in [-0.05, 0) is 31.2 Å².